The van der Waals surface area contributed by atoms with Crippen LogP contribution in [0.1, 0.15) is 17.0 Å². The predicted octanol–water partition coefficient (Wildman–Crippen LogP) is 5.25. The van der Waals surface area contributed by atoms with Crippen LogP contribution < -0.4 is 5.56 Å². The van der Waals surface area contributed by atoms with Gasteiger partial charge in [0.2, 0.25) is 11.8 Å². The van der Waals surface area contributed by atoms with Gasteiger partial charge in [0.15, 0.2) is 5.16 Å². The van der Waals surface area contributed by atoms with Crippen LogP contribution in [-0.4, -0.2) is 24.7 Å². The average Bonchev–Trinajstić information content (AvgIpc) is 3.34. The summed E-state index contributed by atoms with van der Waals surface area (Å²) in [5.41, 5.74) is 3.78. The number of hydrogen-bond acceptors (Lipinski definition) is 8. The van der Waals surface area contributed by atoms with E-state index in [1.165, 1.54) is 23.9 Å². The summed E-state index contributed by atoms with van der Waals surface area (Å²) >= 11 is 1.32. The number of nitrogens with zero attached hydrogens (tertiary/aromatic N) is 5. The highest BCUT2D eigenvalue weighted by Crippen LogP contribution is 2.28. The van der Waals surface area contributed by atoms with Gasteiger partial charge in [0.25, 0.3) is 11.2 Å². The van der Waals surface area contributed by atoms with Crippen LogP contribution in [0, 0.1) is 24.0 Å². The summed E-state index contributed by atoms with van der Waals surface area (Å²) in [6.45, 7) is 3.94. The molecule has 5 rings (SSSR count). The molecule has 0 saturated carbocycles. The zero-order chi connectivity index (χ0) is 24.5. The molecule has 9 nitrogen and oxygen atoms in total. The molecule has 0 N–H and O–H groups in total. The Balaban J connectivity index is 1.49. The maximum Gasteiger partial charge on any atom is 0.269 e. The van der Waals surface area contributed by atoms with E-state index in [1.54, 1.807) is 22.8 Å². The minimum Gasteiger partial charge on any atom is -0.420 e. The smallest absolute Gasteiger partial charge is 0.269 e. The third kappa shape index (κ3) is 4.43. The Hall–Kier alpha value is -4.31. The van der Waals surface area contributed by atoms with Crippen LogP contribution in [-0.2, 0) is 5.75 Å². The fourth-order valence-corrected chi connectivity index (χ4v) is 4.51. The van der Waals surface area contributed by atoms with E-state index in [9.17, 15) is 14.9 Å². The molecule has 0 saturated heterocycles. The number of aromatic nitrogens is 4. The van der Waals surface area contributed by atoms with Crippen molar-refractivity contribution in [2.24, 2.45) is 0 Å². The normalized spacial score (nSPS) is 11.1. The molecule has 0 spiro atoms. The Bertz CT molecular complexity index is 1630. The van der Waals surface area contributed by atoms with Crippen LogP contribution in [0.15, 0.2) is 81.1 Å². The monoisotopic (exact) mass is 485 g/mol. The highest BCUT2D eigenvalue weighted by atomic mass is 32.2. The Morgan fingerprint density at radius 3 is 2.57 bits per heavy atom. The van der Waals surface area contributed by atoms with Crippen molar-refractivity contribution in [2.75, 3.05) is 0 Å². The molecule has 0 unspecified atom stereocenters. The summed E-state index contributed by atoms with van der Waals surface area (Å²) < 4.78 is 7.40. The Morgan fingerprint density at radius 2 is 1.80 bits per heavy atom. The largest absolute Gasteiger partial charge is 0.420 e. The van der Waals surface area contributed by atoms with Gasteiger partial charge in [-0.05, 0) is 55.3 Å². The molecule has 174 valence electrons. The highest BCUT2D eigenvalue weighted by molar-refractivity contribution is 7.98. The lowest BCUT2D eigenvalue weighted by molar-refractivity contribution is -0.384. The van der Waals surface area contributed by atoms with Crippen molar-refractivity contribution in [1.29, 1.82) is 0 Å². The minimum absolute atomic E-state index is 0.0177. The molecule has 35 heavy (non-hydrogen) atoms. The Morgan fingerprint density at radius 1 is 1.03 bits per heavy atom. The van der Waals surface area contributed by atoms with Crippen LogP contribution in [0.2, 0.25) is 0 Å². The summed E-state index contributed by atoms with van der Waals surface area (Å²) in [6.07, 6.45) is 0. The van der Waals surface area contributed by atoms with Gasteiger partial charge < -0.3 is 4.42 Å². The zero-order valence-corrected chi connectivity index (χ0v) is 19.7. The Labute approximate surface area is 203 Å². The molecule has 0 aliphatic carbocycles. The second kappa shape index (κ2) is 9.15. The van der Waals surface area contributed by atoms with Crippen LogP contribution in [0.3, 0.4) is 0 Å². The molecule has 3 aromatic carbocycles. The molecule has 0 aliphatic heterocycles. The maximum absolute atomic E-state index is 13.5. The summed E-state index contributed by atoms with van der Waals surface area (Å²) in [7, 11) is 0. The lowest BCUT2D eigenvalue weighted by Gasteiger charge is -2.15. The minimum atomic E-state index is -0.467. The first-order chi connectivity index (χ1) is 16.9. The van der Waals surface area contributed by atoms with Gasteiger partial charge in [0.1, 0.15) is 0 Å². The molecule has 0 atom stereocenters. The first-order valence-electron chi connectivity index (χ1n) is 10.7. The van der Waals surface area contributed by atoms with E-state index in [2.05, 4.69) is 10.2 Å². The predicted molar refractivity (Wildman–Crippen MR) is 133 cm³/mol. The number of para-hydroxylation sites is 1. The van der Waals surface area contributed by atoms with Gasteiger partial charge in [-0.2, -0.15) is 0 Å². The van der Waals surface area contributed by atoms with Crippen molar-refractivity contribution in [3.8, 4) is 17.1 Å². The topological polar surface area (TPSA) is 117 Å². The summed E-state index contributed by atoms with van der Waals surface area (Å²) in [5.74, 6) is 0.891. The van der Waals surface area contributed by atoms with Crippen molar-refractivity contribution < 1.29 is 9.34 Å². The van der Waals surface area contributed by atoms with E-state index in [4.69, 9.17) is 9.40 Å². The number of benzene rings is 3. The van der Waals surface area contributed by atoms with E-state index in [0.29, 0.717) is 27.5 Å². The average molecular weight is 486 g/mol. The molecule has 10 heteroatoms. The van der Waals surface area contributed by atoms with Gasteiger partial charge >= 0.3 is 0 Å². The van der Waals surface area contributed by atoms with E-state index < -0.39 is 4.92 Å². The number of rotatable bonds is 6. The highest BCUT2D eigenvalue weighted by Gasteiger charge is 2.17. The van der Waals surface area contributed by atoms with Gasteiger partial charge in [0.05, 0.1) is 27.3 Å². The Kier molecular flexibility index (Phi) is 5.87. The maximum atomic E-state index is 13.5. The molecule has 0 radical (unpaired) electrons. The second-order valence-corrected chi connectivity index (χ2v) is 8.88. The molecular weight excluding hydrogens is 466 g/mol. The van der Waals surface area contributed by atoms with Crippen molar-refractivity contribution in [3.63, 3.8) is 0 Å². The first-order valence-corrected chi connectivity index (χ1v) is 11.7. The first kappa shape index (κ1) is 22.5. The van der Waals surface area contributed by atoms with Crippen molar-refractivity contribution in [1.82, 2.24) is 19.7 Å². The van der Waals surface area contributed by atoms with Crippen LogP contribution in [0.4, 0.5) is 5.69 Å². The van der Waals surface area contributed by atoms with Crippen LogP contribution in [0.5, 0.6) is 0 Å². The van der Waals surface area contributed by atoms with E-state index in [1.807, 2.05) is 50.2 Å². The standard InChI is InChI=1S/C25H19N5O4S/c1-15-7-8-16(2)21(13-15)29-24(31)19-5-3-4-6-20(19)26-25(29)35-14-22-27-28-23(34-22)17-9-11-18(12-10-17)30(32)33/h3-13H,14H2,1-2H3. The fourth-order valence-electron chi connectivity index (χ4n) is 3.66. The van der Waals surface area contributed by atoms with Crippen molar-refractivity contribution in [3.05, 3.63) is 104 Å². The van der Waals surface area contributed by atoms with E-state index in [-0.39, 0.29) is 22.9 Å². The van der Waals surface area contributed by atoms with Crippen molar-refractivity contribution in [2.45, 2.75) is 24.8 Å². The molecule has 2 aromatic heterocycles. The summed E-state index contributed by atoms with van der Waals surface area (Å²) in [6, 6.07) is 19.1. The molecule has 5 aromatic rings. The SMILES string of the molecule is Cc1ccc(C)c(-n2c(SCc3nnc(-c4ccc([N+](=O)[O-])cc4)o3)nc3ccccc3c2=O)c1. The number of thioether (sulfide) groups is 1. The zero-order valence-electron chi connectivity index (χ0n) is 18.8. The van der Waals surface area contributed by atoms with E-state index in [0.717, 1.165) is 16.8 Å². The van der Waals surface area contributed by atoms with Crippen LogP contribution in [0.25, 0.3) is 28.0 Å². The fraction of sp³-hybridized carbons (Fsp3) is 0.120. The quantitative estimate of drug-likeness (QED) is 0.138. The van der Waals surface area contributed by atoms with Gasteiger partial charge in [-0.1, -0.05) is 36.0 Å². The summed E-state index contributed by atoms with van der Waals surface area (Å²) in [4.78, 5) is 28.7. The summed E-state index contributed by atoms with van der Waals surface area (Å²) in [5, 5.41) is 20.1. The molecular formula is C25H19N5O4S. The number of non-ortho nitro benzene ring substituents is 1. The third-order valence-corrected chi connectivity index (χ3v) is 6.39. The third-order valence-electron chi connectivity index (χ3n) is 5.47. The molecule has 0 fully saturated rings. The lowest BCUT2D eigenvalue weighted by atomic mass is 10.1. The van der Waals surface area contributed by atoms with Gasteiger partial charge in [-0.25, -0.2) is 4.98 Å². The second-order valence-electron chi connectivity index (χ2n) is 7.94. The molecule has 0 amide bonds. The lowest BCUT2D eigenvalue weighted by Crippen LogP contribution is -2.22. The number of aryl methyl sites for hydroxylation is 2. The molecule has 0 aliphatic rings. The van der Waals surface area contributed by atoms with Gasteiger partial charge in [-0.3, -0.25) is 19.5 Å². The van der Waals surface area contributed by atoms with E-state index >= 15 is 0 Å². The molecule has 2 heterocycles. The number of fused-ring (bicyclic) bond motifs is 1. The number of hydrogen-bond donors (Lipinski definition) is 0. The van der Waals surface area contributed by atoms with Gasteiger partial charge in [0, 0.05) is 17.7 Å². The van der Waals surface area contributed by atoms with Gasteiger partial charge in [-0.15, -0.1) is 10.2 Å². The number of nitro benzene ring substituents is 1. The van der Waals surface area contributed by atoms with Crippen molar-refractivity contribution >= 4 is 28.4 Å². The van der Waals surface area contributed by atoms with Crippen LogP contribution >= 0.6 is 11.8 Å². The molecule has 0 bridgehead atoms. The number of nitro groups is 1.